The van der Waals surface area contributed by atoms with Crippen LogP contribution in [0.25, 0.3) is 5.57 Å². The van der Waals surface area contributed by atoms with Crippen LogP contribution in [0.2, 0.25) is 0 Å². The number of carbonyl (C=O) groups excluding carboxylic acids is 1. The van der Waals surface area contributed by atoms with E-state index in [2.05, 4.69) is 18.0 Å². The number of fused-ring (bicyclic) bond motifs is 2. The van der Waals surface area contributed by atoms with Crippen molar-refractivity contribution in [2.45, 2.75) is 64.1 Å². The van der Waals surface area contributed by atoms with Gasteiger partial charge in [-0.05, 0) is 64.8 Å². The van der Waals surface area contributed by atoms with Crippen LogP contribution in [0, 0.1) is 0 Å². The topological polar surface area (TPSA) is 34.5 Å². The predicted octanol–water partition coefficient (Wildman–Crippen LogP) is 3.91. The number of rotatable bonds is 1. The van der Waals surface area contributed by atoms with Gasteiger partial charge in [0, 0.05) is 18.3 Å². The third-order valence-corrected chi connectivity index (χ3v) is 4.65. The third kappa shape index (κ3) is 2.98. The van der Waals surface area contributed by atoms with Gasteiger partial charge >= 0.3 is 6.09 Å². The van der Waals surface area contributed by atoms with Crippen molar-refractivity contribution in [2.24, 2.45) is 0 Å². The number of piperidine rings is 1. The minimum atomic E-state index is -0.476. The summed E-state index contributed by atoms with van der Waals surface area (Å²) in [5.41, 5.74) is 1.79. The number of hydrogen-bond acceptors (Lipinski definition) is 3. The number of ether oxygens (including phenoxy) is 1. The lowest BCUT2D eigenvalue weighted by Crippen LogP contribution is -2.45. The molecule has 22 heavy (non-hydrogen) atoms. The smallest absolute Gasteiger partial charge is 0.418 e. The Morgan fingerprint density at radius 3 is 2.77 bits per heavy atom. The molecule has 1 fully saturated rings. The molecule has 1 aromatic heterocycles. The molecule has 1 saturated heterocycles. The highest BCUT2D eigenvalue weighted by Crippen LogP contribution is 2.36. The molecule has 1 aromatic rings. The SMILES string of the molecule is CN1C2C=C(c3cccn3C(=O)OC(C)(C)C)CC1CCC2. The van der Waals surface area contributed by atoms with Crippen LogP contribution in [0.1, 0.15) is 52.1 Å². The zero-order valence-electron chi connectivity index (χ0n) is 14.0. The molecule has 0 aromatic carbocycles. The molecule has 0 N–H and O–H groups in total. The maximum atomic E-state index is 12.4. The standard InChI is InChI=1S/C18H26N2O2/c1-18(2,3)22-17(21)20-10-6-9-16(20)13-11-14-7-5-8-15(12-13)19(14)4/h6,9-11,14-15H,5,7-8,12H2,1-4H3. The van der Waals surface area contributed by atoms with E-state index in [1.165, 1.54) is 24.8 Å². The van der Waals surface area contributed by atoms with Gasteiger partial charge in [0.25, 0.3) is 0 Å². The van der Waals surface area contributed by atoms with E-state index in [1.807, 2.05) is 32.9 Å². The minimum absolute atomic E-state index is 0.294. The van der Waals surface area contributed by atoms with E-state index in [0.717, 1.165) is 12.1 Å². The van der Waals surface area contributed by atoms with Crippen molar-refractivity contribution in [3.63, 3.8) is 0 Å². The van der Waals surface area contributed by atoms with Crippen LogP contribution in [0.4, 0.5) is 4.79 Å². The summed E-state index contributed by atoms with van der Waals surface area (Å²) in [5.74, 6) is 0. The molecule has 2 unspecified atom stereocenters. The summed E-state index contributed by atoms with van der Waals surface area (Å²) in [6.45, 7) is 5.69. The number of aromatic nitrogens is 1. The van der Waals surface area contributed by atoms with Crippen molar-refractivity contribution in [2.75, 3.05) is 7.05 Å². The molecule has 4 heteroatoms. The van der Waals surface area contributed by atoms with E-state index < -0.39 is 5.60 Å². The lowest BCUT2D eigenvalue weighted by atomic mass is 9.84. The molecule has 2 aliphatic rings. The number of carbonyl (C=O) groups is 1. The van der Waals surface area contributed by atoms with Gasteiger partial charge in [-0.2, -0.15) is 0 Å². The molecule has 0 aliphatic carbocycles. The number of likely N-dealkylation sites (N-methyl/N-ethyl adjacent to an activating group) is 1. The summed E-state index contributed by atoms with van der Waals surface area (Å²) in [5, 5.41) is 0. The molecule has 0 saturated carbocycles. The molecule has 2 aliphatic heterocycles. The molecule has 0 amide bonds. The molecule has 3 heterocycles. The van der Waals surface area contributed by atoms with E-state index in [4.69, 9.17) is 4.74 Å². The number of hydrogen-bond donors (Lipinski definition) is 0. The molecule has 2 atom stereocenters. The Labute approximate surface area is 132 Å². The summed E-state index contributed by atoms with van der Waals surface area (Å²) in [7, 11) is 2.22. The molecule has 0 radical (unpaired) electrons. The summed E-state index contributed by atoms with van der Waals surface area (Å²) >= 11 is 0. The molecule has 3 rings (SSSR count). The average molecular weight is 302 g/mol. The maximum absolute atomic E-state index is 12.4. The van der Waals surface area contributed by atoms with Gasteiger partial charge in [0.15, 0.2) is 0 Å². The van der Waals surface area contributed by atoms with Gasteiger partial charge in [0.1, 0.15) is 5.60 Å². The van der Waals surface area contributed by atoms with Crippen LogP contribution < -0.4 is 0 Å². The van der Waals surface area contributed by atoms with Crippen molar-refractivity contribution in [3.05, 3.63) is 30.1 Å². The molecule has 120 valence electrons. The van der Waals surface area contributed by atoms with Crippen molar-refractivity contribution in [3.8, 4) is 0 Å². The Morgan fingerprint density at radius 1 is 1.32 bits per heavy atom. The third-order valence-electron chi connectivity index (χ3n) is 4.65. The van der Waals surface area contributed by atoms with Gasteiger partial charge in [-0.15, -0.1) is 0 Å². The molecule has 2 bridgehead atoms. The Hall–Kier alpha value is -1.55. The fraction of sp³-hybridized carbons (Fsp3) is 0.611. The second kappa shape index (κ2) is 5.58. The Kier molecular flexibility index (Phi) is 3.89. The molecule has 0 spiro atoms. The second-order valence-corrected chi connectivity index (χ2v) is 7.46. The van der Waals surface area contributed by atoms with E-state index in [1.54, 1.807) is 10.8 Å². The first-order valence-corrected chi connectivity index (χ1v) is 8.19. The Morgan fingerprint density at radius 2 is 2.09 bits per heavy atom. The highest BCUT2D eigenvalue weighted by Gasteiger charge is 2.32. The highest BCUT2D eigenvalue weighted by molar-refractivity contribution is 5.78. The van der Waals surface area contributed by atoms with Crippen molar-refractivity contribution in [1.29, 1.82) is 0 Å². The van der Waals surface area contributed by atoms with Gasteiger partial charge in [0.05, 0.1) is 5.69 Å². The zero-order valence-corrected chi connectivity index (χ0v) is 14.0. The largest absolute Gasteiger partial charge is 0.443 e. The van der Waals surface area contributed by atoms with Crippen LogP contribution in [0.3, 0.4) is 0 Å². The van der Waals surface area contributed by atoms with Gasteiger partial charge in [0.2, 0.25) is 0 Å². The monoisotopic (exact) mass is 302 g/mol. The van der Waals surface area contributed by atoms with Crippen LogP contribution >= 0.6 is 0 Å². The van der Waals surface area contributed by atoms with Crippen molar-refractivity contribution in [1.82, 2.24) is 9.47 Å². The fourth-order valence-electron chi connectivity index (χ4n) is 3.54. The number of nitrogens with zero attached hydrogens (tertiary/aromatic N) is 2. The predicted molar refractivity (Wildman–Crippen MR) is 87.8 cm³/mol. The highest BCUT2D eigenvalue weighted by atomic mass is 16.6. The summed E-state index contributed by atoms with van der Waals surface area (Å²) in [6, 6.07) is 5.05. The minimum Gasteiger partial charge on any atom is -0.443 e. The summed E-state index contributed by atoms with van der Waals surface area (Å²) in [6.07, 6.45) is 8.62. The van der Waals surface area contributed by atoms with Crippen LogP contribution in [0.15, 0.2) is 24.4 Å². The van der Waals surface area contributed by atoms with Crippen molar-refractivity contribution >= 4 is 11.7 Å². The second-order valence-electron chi connectivity index (χ2n) is 7.46. The van der Waals surface area contributed by atoms with Crippen LogP contribution in [-0.2, 0) is 4.74 Å². The van der Waals surface area contributed by atoms with Crippen LogP contribution in [-0.4, -0.2) is 40.3 Å². The van der Waals surface area contributed by atoms with Gasteiger partial charge in [-0.25, -0.2) is 4.79 Å². The normalized spacial score (nSPS) is 25.7. The van der Waals surface area contributed by atoms with Gasteiger partial charge < -0.3 is 4.74 Å². The van der Waals surface area contributed by atoms with E-state index in [9.17, 15) is 4.79 Å². The van der Waals surface area contributed by atoms with Gasteiger partial charge in [-0.1, -0.05) is 12.5 Å². The fourth-order valence-corrected chi connectivity index (χ4v) is 3.54. The molecular weight excluding hydrogens is 276 g/mol. The van der Waals surface area contributed by atoms with E-state index >= 15 is 0 Å². The van der Waals surface area contributed by atoms with E-state index in [-0.39, 0.29) is 6.09 Å². The average Bonchev–Trinajstić information content (AvgIpc) is 2.85. The van der Waals surface area contributed by atoms with E-state index in [0.29, 0.717) is 12.1 Å². The first-order chi connectivity index (χ1) is 10.3. The zero-order chi connectivity index (χ0) is 15.9. The Bertz CT molecular complexity index is 594. The quantitative estimate of drug-likeness (QED) is 0.789. The lowest BCUT2D eigenvalue weighted by Gasteiger charge is -2.42. The van der Waals surface area contributed by atoms with Crippen molar-refractivity contribution < 1.29 is 9.53 Å². The van der Waals surface area contributed by atoms with Crippen LogP contribution in [0.5, 0.6) is 0 Å². The first kappa shape index (κ1) is 15.3. The molecule has 4 nitrogen and oxygen atoms in total. The summed E-state index contributed by atoms with van der Waals surface area (Å²) in [4.78, 5) is 14.9. The lowest BCUT2D eigenvalue weighted by molar-refractivity contribution is 0.0535. The van der Waals surface area contributed by atoms with Gasteiger partial charge in [-0.3, -0.25) is 9.47 Å². The molecular formula is C18H26N2O2. The first-order valence-electron chi connectivity index (χ1n) is 8.19. The Balaban J connectivity index is 1.88. The maximum Gasteiger partial charge on any atom is 0.418 e. The summed E-state index contributed by atoms with van der Waals surface area (Å²) < 4.78 is 7.17.